The average Bonchev–Trinajstić information content (AvgIpc) is 3.42. The molecule has 0 N–H and O–H groups in total. The normalized spacial score (nSPS) is 17.8. The Hall–Kier alpha value is -2.14. The van der Waals surface area contributed by atoms with Crippen molar-refractivity contribution in [2.24, 2.45) is 5.92 Å². The molecule has 6 heteroatoms. The van der Waals surface area contributed by atoms with Gasteiger partial charge in [0.05, 0.1) is 5.02 Å². The van der Waals surface area contributed by atoms with Gasteiger partial charge in [-0.1, -0.05) is 11.6 Å². The van der Waals surface area contributed by atoms with E-state index < -0.39 is 0 Å². The van der Waals surface area contributed by atoms with Crippen molar-refractivity contribution >= 4 is 23.1 Å². The fourth-order valence-corrected chi connectivity index (χ4v) is 4.07. The van der Waals surface area contributed by atoms with Crippen LogP contribution in [0.3, 0.4) is 0 Å². The first kappa shape index (κ1) is 16.1. The molecule has 2 fully saturated rings. The first-order valence-corrected chi connectivity index (χ1v) is 9.91. The Bertz CT molecular complexity index is 923. The zero-order valence-electron chi connectivity index (χ0n) is 14.7. The van der Waals surface area contributed by atoms with Crippen LogP contribution in [0, 0.1) is 5.92 Å². The van der Waals surface area contributed by atoms with E-state index in [1.54, 1.807) is 0 Å². The van der Waals surface area contributed by atoms with E-state index in [1.165, 1.54) is 32.1 Å². The van der Waals surface area contributed by atoms with E-state index in [1.807, 2.05) is 22.9 Å². The third kappa shape index (κ3) is 2.94. The number of nitrogens with zero attached hydrogens (tertiary/aromatic N) is 5. The van der Waals surface area contributed by atoms with E-state index in [2.05, 4.69) is 32.2 Å². The lowest BCUT2D eigenvalue weighted by Gasteiger charge is -2.27. The van der Waals surface area contributed by atoms with Crippen molar-refractivity contribution in [2.45, 2.75) is 38.5 Å². The molecule has 0 amide bonds. The summed E-state index contributed by atoms with van der Waals surface area (Å²) in [6.45, 7) is 2.20. The SMILES string of the molecule is Clc1c(-c2ccc(N3CCCCC3)nc2)ccn2c(CC3CC3)nnc12. The zero-order chi connectivity index (χ0) is 17.5. The Morgan fingerprint density at radius 2 is 1.88 bits per heavy atom. The monoisotopic (exact) mass is 367 g/mol. The summed E-state index contributed by atoms with van der Waals surface area (Å²) < 4.78 is 2.03. The molecule has 0 aromatic carbocycles. The summed E-state index contributed by atoms with van der Waals surface area (Å²) in [6, 6.07) is 6.26. The Morgan fingerprint density at radius 3 is 2.62 bits per heavy atom. The maximum Gasteiger partial charge on any atom is 0.180 e. The Morgan fingerprint density at radius 1 is 1.04 bits per heavy atom. The molecule has 0 atom stereocenters. The largest absolute Gasteiger partial charge is 0.357 e. The third-order valence-corrected chi connectivity index (χ3v) is 5.87. The van der Waals surface area contributed by atoms with Crippen LogP contribution in [-0.4, -0.2) is 32.7 Å². The van der Waals surface area contributed by atoms with Gasteiger partial charge in [-0.3, -0.25) is 4.40 Å². The van der Waals surface area contributed by atoms with Gasteiger partial charge in [0.25, 0.3) is 0 Å². The lowest BCUT2D eigenvalue weighted by molar-refractivity contribution is 0.573. The molecular formula is C20H22ClN5. The molecule has 3 aromatic heterocycles. The number of hydrogen-bond donors (Lipinski definition) is 0. The molecule has 1 saturated carbocycles. The van der Waals surface area contributed by atoms with Gasteiger partial charge in [0.15, 0.2) is 5.65 Å². The van der Waals surface area contributed by atoms with Gasteiger partial charge in [-0.2, -0.15) is 0 Å². The van der Waals surface area contributed by atoms with E-state index in [0.29, 0.717) is 5.02 Å². The number of anilines is 1. The highest BCUT2D eigenvalue weighted by atomic mass is 35.5. The minimum atomic E-state index is 0.648. The third-order valence-electron chi connectivity index (χ3n) is 5.50. The first-order valence-electron chi connectivity index (χ1n) is 9.53. The van der Waals surface area contributed by atoms with Crippen molar-refractivity contribution < 1.29 is 0 Å². The number of hydrogen-bond acceptors (Lipinski definition) is 4. The second-order valence-electron chi connectivity index (χ2n) is 7.45. The van der Waals surface area contributed by atoms with Crippen molar-refractivity contribution in [1.82, 2.24) is 19.6 Å². The quantitative estimate of drug-likeness (QED) is 0.686. The second-order valence-corrected chi connectivity index (χ2v) is 7.83. The van der Waals surface area contributed by atoms with E-state index in [4.69, 9.17) is 11.6 Å². The summed E-state index contributed by atoms with van der Waals surface area (Å²) >= 11 is 6.67. The van der Waals surface area contributed by atoms with Gasteiger partial charge in [0.2, 0.25) is 0 Å². The first-order chi connectivity index (χ1) is 12.8. The van der Waals surface area contributed by atoms with Gasteiger partial charge in [0, 0.05) is 43.0 Å². The predicted molar refractivity (Wildman–Crippen MR) is 104 cm³/mol. The van der Waals surface area contributed by atoms with Crippen molar-refractivity contribution in [1.29, 1.82) is 0 Å². The van der Waals surface area contributed by atoms with Gasteiger partial charge in [-0.25, -0.2) is 4.98 Å². The predicted octanol–water partition coefficient (Wildman–Crippen LogP) is 4.39. The molecule has 4 heterocycles. The van der Waals surface area contributed by atoms with Crippen molar-refractivity contribution in [3.63, 3.8) is 0 Å². The molecule has 0 spiro atoms. The number of aromatic nitrogens is 4. The summed E-state index contributed by atoms with van der Waals surface area (Å²) in [4.78, 5) is 7.04. The summed E-state index contributed by atoms with van der Waals surface area (Å²) in [6.07, 6.45) is 11.4. The van der Waals surface area contributed by atoms with Gasteiger partial charge >= 0.3 is 0 Å². The maximum absolute atomic E-state index is 6.67. The molecule has 0 unspecified atom stereocenters. The van der Waals surface area contributed by atoms with Crippen LogP contribution in [-0.2, 0) is 6.42 Å². The minimum absolute atomic E-state index is 0.648. The van der Waals surface area contributed by atoms with Crippen LogP contribution < -0.4 is 4.90 Å². The smallest absolute Gasteiger partial charge is 0.180 e. The van der Waals surface area contributed by atoms with E-state index >= 15 is 0 Å². The number of piperidine rings is 1. The minimum Gasteiger partial charge on any atom is -0.357 e. The maximum atomic E-state index is 6.67. The van der Waals surface area contributed by atoms with E-state index in [0.717, 1.165) is 53.8 Å². The highest BCUT2D eigenvalue weighted by molar-refractivity contribution is 6.36. The van der Waals surface area contributed by atoms with Crippen molar-refractivity contribution in [2.75, 3.05) is 18.0 Å². The highest BCUT2D eigenvalue weighted by Gasteiger charge is 2.24. The number of fused-ring (bicyclic) bond motifs is 1. The summed E-state index contributed by atoms with van der Waals surface area (Å²) in [7, 11) is 0. The van der Waals surface area contributed by atoms with Crippen LogP contribution in [0.1, 0.15) is 37.9 Å². The Kier molecular flexibility index (Phi) is 4.04. The molecule has 5 nitrogen and oxygen atoms in total. The van der Waals surface area contributed by atoms with Crippen LogP contribution in [0.2, 0.25) is 5.02 Å². The standard InChI is InChI=1S/C20H22ClN5/c21-19-16(8-11-26-18(12-14-4-5-14)23-24-20(19)26)15-6-7-17(22-13-15)25-9-2-1-3-10-25/h6-8,11,13-14H,1-5,9-10,12H2. The number of pyridine rings is 2. The topological polar surface area (TPSA) is 46.3 Å². The number of rotatable bonds is 4. The van der Waals surface area contributed by atoms with Crippen LogP contribution in [0.25, 0.3) is 16.8 Å². The molecule has 3 aromatic rings. The Labute approximate surface area is 158 Å². The summed E-state index contributed by atoms with van der Waals surface area (Å²) in [5, 5.41) is 9.33. The summed E-state index contributed by atoms with van der Waals surface area (Å²) in [5.41, 5.74) is 2.71. The van der Waals surface area contributed by atoms with Crippen LogP contribution >= 0.6 is 11.6 Å². The lowest BCUT2D eigenvalue weighted by Crippen LogP contribution is -2.29. The fourth-order valence-electron chi connectivity index (χ4n) is 3.77. The lowest BCUT2D eigenvalue weighted by atomic mass is 10.1. The zero-order valence-corrected chi connectivity index (χ0v) is 15.5. The number of halogens is 1. The van der Waals surface area contributed by atoms with Gasteiger partial charge in [-0.15, -0.1) is 10.2 Å². The molecule has 0 bridgehead atoms. The molecule has 26 heavy (non-hydrogen) atoms. The van der Waals surface area contributed by atoms with E-state index in [9.17, 15) is 0 Å². The summed E-state index contributed by atoms with van der Waals surface area (Å²) in [5.74, 6) is 2.83. The molecule has 134 valence electrons. The second kappa shape index (κ2) is 6.54. The van der Waals surface area contributed by atoms with Crippen LogP contribution in [0.4, 0.5) is 5.82 Å². The molecule has 1 saturated heterocycles. The molecule has 2 aliphatic rings. The van der Waals surface area contributed by atoms with Gasteiger partial charge in [0.1, 0.15) is 11.6 Å². The molecular weight excluding hydrogens is 346 g/mol. The van der Waals surface area contributed by atoms with Crippen molar-refractivity contribution in [3.8, 4) is 11.1 Å². The fraction of sp³-hybridized carbons (Fsp3) is 0.450. The van der Waals surface area contributed by atoms with E-state index in [-0.39, 0.29) is 0 Å². The Balaban J connectivity index is 1.45. The van der Waals surface area contributed by atoms with Crippen LogP contribution in [0.5, 0.6) is 0 Å². The van der Waals surface area contributed by atoms with Gasteiger partial charge in [-0.05, 0) is 56.2 Å². The van der Waals surface area contributed by atoms with Crippen LogP contribution in [0.15, 0.2) is 30.6 Å². The molecule has 5 rings (SSSR count). The van der Waals surface area contributed by atoms with Gasteiger partial charge < -0.3 is 4.90 Å². The molecule has 0 radical (unpaired) electrons. The molecule has 1 aliphatic carbocycles. The molecule has 1 aliphatic heterocycles. The average molecular weight is 368 g/mol. The van der Waals surface area contributed by atoms with Crippen molar-refractivity contribution in [3.05, 3.63) is 41.4 Å². The highest BCUT2D eigenvalue weighted by Crippen LogP contribution is 2.34.